The fraction of sp³-hybridized carbons (Fsp3) is 0.0667. The zero-order valence-electron chi connectivity index (χ0n) is 11.4. The van der Waals surface area contributed by atoms with Crippen LogP contribution < -0.4 is 5.73 Å². The third-order valence-corrected chi connectivity index (χ3v) is 3.45. The van der Waals surface area contributed by atoms with Crippen LogP contribution in [0.25, 0.3) is 28.2 Å². The van der Waals surface area contributed by atoms with Crippen LogP contribution in [0.15, 0.2) is 47.1 Å². The Morgan fingerprint density at radius 2 is 2.10 bits per heavy atom. The first kappa shape index (κ1) is 11.8. The lowest BCUT2D eigenvalue weighted by molar-refractivity contribution is 0.535. The van der Waals surface area contributed by atoms with Gasteiger partial charge in [0.05, 0.1) is 23.0 Å². The predicted octanol–water partition coefficient (Wildman–Crippen LogP) is 2.90. The molecule has 21 heavy (non-hydrogen) atoms. The number of furan rings is 1. The molecule has 0 aliphatic rings. The zero-order valence-corrected chi connectivity index (χ0v) is 11.4. The van der Waals surface area contributed by atoms with Crippen LogP contribution in [-0.2, 0) is 0 Å². The Hall–Kier alpha value is -3.02. The Morgan fingerprint density at radius 3 is 2.86 bits per heavy atom. The Morgan fingerprint density at radius 1 is 1.24 bits per heavy atom. The minimum Gasteiger partial charge on any atom is -0.469 e. The van der Waals surface area contributed by atoms with Crippen molar-refractivity contribution in [2.45, 2.75) is 6.92 Å². The van der Waals surface area contributed by atoms with E-state index in [9.17, 15) is 0 Å². The largest absolute Gasteiger partial charge is 0.469 e. The molecule has 3 heterocycles. The van der Waals surface area contributed by atoms with Crippen LogP contribution >= 0.6 is 0 Å². The number of hydrogen-bond donors (Lipinski definition) is 2. The van der Waals surface area contributed by atoms with E-state index in [1.54, 1.807) is 10.9 Å². The molecule has 3 aromatic heterocycles. The summed E-state index contributed by atoms with van der Waals surface area (Å²) in [6.45, 7) is 1.89. The Labute approximate surface area is 120 Å². The summed E-state index contributed by atoms with van der Waals surface area (Å²) in [7, 11) is 0. The van der Waals surface area contributed by atoms with E-state index in [1.807, 2.05) is 43.3 Å². The number of hydrogen-bond acceptors (Lipinski definition) is 4. The van der Waals surface area contributed by atoms with Crippen molar-refractivity contribution >= 4 is 16.9 Å². The number of aromatic amines is 1. The molecule has 0 bridgehead atoms. The number of nitrogens with two attached hydrogens (primary N) is 1. The number of anilines is 1. The van der Waals surface area contributed by atoms with Crippen LogP contribution in [-0.4, -0.2) is 19.7 Å². The first-order valence-corrected chi connectivity index (χ1v) is 6.57. The highest BCUT2D eigenvalue weighted by Crippen LogP contribution is 2.26. The van der Waals surface area contributed by atoms with Crippen molar-refractivity contribution in [3.8, 4) is 17.2 Å². The molecule has 0 saturated carbocycles. The van der Waals surface area contributed by atoms with Crippen molar-refractivity contribution in [3.05, 3.63) is 48.4 Å². The maximum absolute atomic E-state index is 6.06. The van der Waals surface area contributed by atoms with Crippen molar-refractivity contribution in [2.75, 3.05) is 5.73 Å². The van der Waals surface area contributed by atoms with E-state index >= 15 is 0 Å². The summed E-state index contributed by atoms with van der Waals surface area (Å²) < 4.78 is 6.91. The number of para-hydroxylation sites is 2. The summed E-state index contributed by atoms with van der Waals surface area (Å²) in [4.78, 5) is 7.71. The molecule has 0 atom stereocenters. The molecule has 104 valence electrons. The number of rotatable bonds is 2. The van der Waals surface area contributed by atoms with Gasteiger partial charge in [0.15, 0.2) is 0 Å². The molecule has 0 saturated heterocycles. The molecule has 0 aliphatic heterocycles. The van der Waals surface area contributed by atoms with E-state index in [0.717, 1.165) is 28.1 Å². The van der Waals surface area contributed by atoms with Crippen molar-refractivity contribution < 1.29 is 4.42 Å². The molecule has 3 N–H and O–H groups in total. The molecule has 6 nitrogen and oxygen atoms in total. The first-order chi connectivity index (χ1) is 10.2. The standard InChI is InChI=1S/C15H13N5O/c1-9-10(6-7-21-9)13-8-14(16)20(19-13)15-17-11-4-2-3-5-12(11)18-15/h2-8H,16H2,1H3,(H,17,18). The minimum atomic E-state index is 0.518. The molecule has 1 aromatic carbocycles. The van der Waals surface area contributed by atoms with Gasteiger partial charge in [-0.1, -0.05) is 12.1 Å². The molecule has 4 rings (SSSR count). The highest BCUT2D eigenvalue weighted by Gasteiger charge is 2.14. The second kappa shape index (κ2) is 4.24. The van der Waals surface area contributed by atoms with Gasteiger partial charge in [-0.25, -0.2) is 4.98 Å². The molecular formula is C15H13N5O. The third-order valence-electron chi connectivity index (χ3n) is 3.45. The van der Waals surface area contributed by atoms with Crippen LogP contribution in [0.1, 0.15) is 5.76 Å². The average molecular weight is 279 g/mol. The Balaban J connectivity index is 1.85. The second-order valence-electron chi connectivity index (χ2n) is 4.83. The molecule has 0 spiro atoms. The van der Waals surface area contributed by atoms with Crippen LogP contribution in [0.5, 0.6) is 0 Å². The maximum Gasteiger partial charge on any atom is 0.231 e. The average Bonchev–Trinajstić information content (AvgIpc) is 3.15. The van der Waals surface area contributed by atoms with Gasteiger partial charge in [0.1, 0.15) is 11.6 Å². The number of benzene rings is 1. The highest BCUT2D eigenvalue weighted by molar-refractivity contribution is 5.76. The lowest BCUT2D eigenvalue weighted by atomic mass is 10.2. The van der Waals surface area contributed by atoms with Gasteiger partial charge in [0.2, 0.25) is 5.95 Å². The topological polar surface area (TPSA) is 85.7 Å². The van der Waals surface area contributed by atoms with E-state index in [0.29, 0.717) is 11.8 Å². The number of imidazole rings is 1. The summed E-state index contributed by atoms with van der Waals surface area (Å²) in [5.41, 5.74) is 9.58. The number of nitrogen functional groups attached to an aromatic ring is 1. The van der Waals surface area contributed by atoms with Gasteiger partial charge in [0, 0.05) is 11.6 Å². The Bertz CT molecular complexity index is 898. The van der Waals surface area contributed by atoms with Crippen molar-refractivity contribution in [1.82, 2.24) is 19.7 Å². The second-order valence-corrected chi connectivity index (χ2v) is 4.83. The number of nitrogens with zero attached hydrogens (tertiary/aromatic N) is 3. The number of aryl methyl sites for hydroxylation is 1. The number of aromatic nitrogens is 4. The van der Waals surface area contributed by atoms with Crippen LogP contribution in [0.2, 0.25) is 0 Å². The summed E-state index contributed by atoms with van der Waals surface area (Å²) in [5.74, 6) is 1.93. The maximum atomic E-state index is 6.06. The number of fused-ring (bicyclic) bond motifs is 1. The molecule has 0 amide bonds. The number of nitrogens with one attached hydrogen (secondary N) is 1. The van der Waals surface area contributed by atoms with Gasteiger partial charge < -0.3 is 15.1 Å². The molecule has 0 radical (unpaired) electrons. The van der Waals surface area contributed by atoms with E-state index < -0.39 is 0 Å². The zero-order chi connectivity index (χ0) is 14.4. The lowest BCUT2D eigenvalue weighted by Crippen LogP contribution is -2.03. The van der Waals surface area contributed by atoms with Crippen molar-refractivity contribution in [1.29, 1.82) is 0 Å². The Kier molecular flexibility index (Phi) is 2.38. The molecule has 6 heteroatoms. The van der Waals surface area contributed by atoms with Crippen molar-refractivity contribution in [2.24, 2.45) is 0 Å². The molecular weight excluding hydrogens is 266 g/mol. The fourth-order valence-electron chi connectivity index (χ4n) is 2.39. The summed E-state index contributed by atoms with van der Waals surface area (Å²) in [6, 6.07) is 11.5. The smallest absolute Gasteiger partial charge is 0.231 e. The molecule has 0 aliphatic carbocycles. The van der Waals surface area contributed by atoms with Crippen LogP contribution in [0.3, 0.4) is 0 Å². The van der Waals surface area contributed by atoms with E-state index in [4.69, 9.17) is 10.2 Å². The van der Waals surface area contributed by atoms with Gasteiger partial charge in [-0.15, -0.1) is 0 Å². The van der Waals surface area contributed by atoms with Crippen LogP contribution in [0.4, 0.5) is 5.82 Å². The van der Waals surface area contributed by atoms with Gasteiger partial charge in [0.25, 0.3) is 0 Å². The van der Waals surface area contributed by atoms with Gasteiger partial charge in [-0.2, -0.15) is 9.78 Å². The van der Waals surface area contributed by atoms with E-state index in [1.165, 1.54) is 0 Å². The molecule has 4 aromatic rings. The molecule has 0 unspecified atom stereocenters. The summed E-state index contributed by atoms with van der Waals surface area (Å²) in [5, 5.41) is 4.52. The quantitative estimate of drug-likeness (QED) is 0.590. The van der Waals surface area contributed by atoms with Gasteiger partial charge in [-0.3, -0.25) is 0 Å². The van der Waals surface area contributed by atoms with E-state index in [-0.39, 0.29) is 0 Å². The van der Waals surface area contributed by atoms with Gasteiger partial charge >= 0.3 is 0 Å². The minimum absolute atomic E-state index is 0.518. The lowest BCUT2D eigenvalue weighted by Gasteiger charge is -1.97. The third kappa shape index (κ3) is 1.80. The number of H-pyrrole nitrogens is 1. The normalized spacial score (nSPS) is 11.3. The van der Waals surface area contributed by atoms with Crippen molar-refractivity contribution in [3.63, 3.8) is 0 Å². The first-order valence-electron chi connectivity index (χ1n) is 6.57. The summed E-state index contributed by atoms with van der Waals surface area (Å²) >= 11 is 0. The highest BCUT2D eigenvalue weighted by atomic mass is 16.3. The SMILES string of the molecule is Cc1occc1-c1cc(N)n(-c2nc3ccccc3[nH]2)n1. The molecule has 0 fully saturated rings. The predicted molar refractivity (Wildman–Crippen MR) is 80.1 cm³/mol. The fourth-order valence-corrected chi connectivity index (χ4v) is 2.39. The monoisotopic (exact) mass is 279 g/mol. The summed E-state index contributed by atoms with van der Waals surface area (Å²) in [6.07, 6.45) is 1.64. The van der Waals surface area contributed by atoms with Gasteiger partial charge in [-0.05, 0) is 25.1 Å². The van der Waals surface area contributed by atoms with E-state index in [2.05, 4.69) is 15.1 Å². The van der Waals surface area contributed by atoms with Crippen LogP contribution in [0, 0.1) is 6.92 Å².